The van der Waals surface area contributed by atoms with Gasteiger partial charge in [-0.3, -0.25) is 14.6 Å². The lowest BCUT2D eigenvalue weighted by molar-refractivity contribution is -0.122. The Morgan fingerprint density at radius 1 is 1.05 bits per heavy atom. The molecule has 0 unspecified atom stereocenters. The van der Waals surface area contributed by atoms with Gasteiger partial charge in [0.1, 0.15) is 0 Å². The number of aliphatic hydroxyl groups is 1. The van der Waals surface area contributed by atoms with Gasteiger partial charge < -0.3 is 10.4 Å². The maximum atomic E-state index is 12.0. The summed E-state index contributed by atoms with van der Waals surface area (Å²) in [4.78, 5) is 16.7. The zero-order valence-corrected chi connectivity index (χ0v) is 13.9. The van der Waals surface area contributed by atoms with Crippen LogP contribution in [0.5, 0.6) is 0 Å². The van der Waals surface area contributed by atoms with E-state index in [4.69, 9.17) is 0 Å². The fourth-order valence-corrected chi connectivity index (χ4v) is 3.62. The number of nitrogens with zero attached hydrogens (tertiary/aromatic N) is 2. The largest absolute Gasteiger partial charge is 0.395 e. The second-order valence-corrected chi connectivity index (χ2v) is 6.76. The minimum Gasteiger partial charge on any atom is -0.395 e. The molecule has 0 aromatic heterocycles. The number of carbonyl (C=O) groups is 1. The smallest absolute Gasteiger partial charge is 0.234 e. The lowest BCUT2D eigenvalue weighted by atomic mass is 10.0. The van der Waals surface area contributed by atoms with Crippen molar-refractivity contribution in [3.8, 4) is 0 Å². The van der Waals surface area contributed by atoms with Crippen LogP contribution in [0.2, 0.25) is 0 Å². The number of piperidine rings is 1. The molecule has 5 heteroatoms. The molecule has 2 fully saturated rings. The van der Waals surface area contributed by atoms with E-state index in [0.717, 1.165) is 45.6 Å². The van der Waals surface area contributed by atoms with E-state index in [1.807, 2.05) is 0 Å². The highest BCUT2D eigenvalue weighted by Gasteiger charge is 2.20. The second-order valence-electron chi connectivity index (χ2n) is 6.76. The number of likely N-dealkylation sites (tertiary alicyclic amines) is 2. The third kappa shape index (κ3) is 6.23. The molecular formula is C17H33N3O2. The molecule has 1 atom stereocenters. The minimum absolute atomic E-state index is 0.166. The van der Waals surface area contributed by atoms with Gasteiger partial charge in [-0.15, -0.1) is 0 Å². The standard InChI is InChI=1S/C17H33N3O2/c21-15-16-8-3-6-12-20(16)13-7-9-18-17(22)14-19-10-4-1-2-5-11-19/h16,21H,1-15H2,(H,18,22)/t16-/m1/s1. The third-order valence-electron chi connectivity index (χ3n) is 4.97. The average Bonchev–Trinajstić information content (AvgIpc) is 2.80. The predicted molar refractivity (Wildman–Crippen MR) is 88.8 cm³/mol. The molecule has 0 saturated carbocycles. The Morgan fingerprint density at radius 3 is 2.50 bits per heavy atom. The van der Waals surface area contributed by atoms with E-state index < -0.39 is 0 Å². The maximum absolute atomic E-state index is 12.0. The summed E-state index contributed by atoms with van der Waals surface area (Å²) in [5, 5.41) is 12.4. The van der Waals surface area contributed by atoms with E-state index in [2.05, 4.69) is 15.1 Å². The number of amides is 1. The van der Waals surface area contributed by atoms with Crippen molar-refractivity contribution in [2.24, 2.45) is 0 Å². The monoisotopic (exact) mass is 311 g/mol. The molecule has 2 heterocycles. The van der Waals surface area contributed by atoms with Crippen LogP contribution in [0, 0.1) is 0 Å². The summed E-state index contributed by atoms with van der Waals surface area (Å²) in [6.07, 6.45) is 9.61. The summed E-state index contributed by atoms with van der Waals surface area (Å²) < 4.78 is 0. The van der Waals surface area contributed by atoms with E-state index in [-0.39, 0.29) is 12.5 Å². The highest BCUT2D eigenvalue weighted by atomic mass is 16.3. The summed E-state index contributed by atoms with van der Waals surface area (Å²) in [5.41, 5.74) is 0. The lowest BCUT2D eigenvalue weighted by Crippen LogP contribution is -2.43. The SMILES string of the molecule is O=C(CN1CCCCCC1)NCCCN1CCCC[C@@H]1CO. The molecule has 1 amide bonds. The van der Waals surface area contributed by atoms with Crippen LogP contribution in [0.25, 0.3) is 0 Å². The van der Waals surface area contributed by atoms with Crippen molar-refractivity contribution in [2.75, 3.05) is 45.9 Å². The Labute approximate surface area is 135 Å². The number of nitrogens with one attached hydrogen (secondary N) is 1. The summed E-state index contributed by atoms with van der Waals surface area (Å²) in [6.45, 7) is 5.78. The molecule has 2 rings (SSSR count). The van der Waals surface area contributed by atoms with Crippen molar-refractivity contribution in [3.63, 3.8) is 0 Å². The van der Waals surface area contributed by atoms with Gasteiger partial charge in [0.25, 0.3) is 0 Å². The van der Waals surface area contributed by atoms with Crippen molar-refractivity contribution < 1.29 is 9.90 Å². The van der Waals surface area contributed by atoms with E-state index in [1.54, 1.807) is 0 Å². The molecule has 0 bridgehead atoms. The van der Waals surface area contributed by atoms with Crippen LogP contribution in [-0.2, 0) is 4.79 Å². The highest BCUT2D eigenvalue weighted by molar-refractivity contribution is 5.77. The van der Waals surface area contributed by atoms with Gasteiger partial charge in [0.15, 0.2) is 0 Å². The van der Waals surface area contributed by atoms with Gasteiger partial charge in [-0.05, 0) is 51.7 Å². The van der Waals surface area contributed by atoms with E-state index in [0.29, 0.717) is 12.6 Å². The van der Waals surface area contributed by atoms with E-state index in [1.165, 1.54) is 38.5 Å². The zero-order valence-electron chi connectivity index (χ0n) is 13.9. The molecule has 0 spiro atoms. The van der Waals surface area contributed by atoms with Gasteiger partial charge in [-0.1, -0.05) is 19.3 Å². The van der Waals surface area contributed by atoms with Crippen molar-refractivity contribution >= 4 is 5.91 Å². The molecule has 22 heavy (non-hydrogen) atoms. The van der Waals surface area contributed by atoms with Gasteiger partial charge >= 0.3 is 0 Å². The molecule has 2 aliphatic rings. The Hall–Kier alpha value is -0.650. The molecule has 2 N–H and O–H groups in total. The topological polar surface area (TPSA) is 55.8 Å². The molecule has 2 aliphatic heterocycles. The molecule has 5 nitrogen and oxygen atoms in total. The van der Waals surface area contributed by atoms with Crippen LogP contribution in [-0.4, -0.2) is 72.7 Å². The first-order valence-corrected chi connectivity index (χ1v) is 9.13. The number of aliphatic hydroxyl groups excluding tert-OH is 1. The Morgan fingerprint density at radius 2 is 1.77 bits per heavy atom. The fourth-order valence-electron chi connectivity index (χ4n) is 3.62. The molecule has 2 saturated heterocycles. The summed E-state index contributed by atoms with van der Waals surface area (Å²) >= 11 is 0. The maximum Gasteiger partial charge on any atom is 0.234 e. The fraction of sp³-hybridized carbons (Fsp3) is 0.941. The molecule has 0 radical (unpaired) electrons. The quantitative estimate of drug-likeness (QED) is 0.694. The molecule has 0 aliphatic carbocycles. The van der Waals surface area contributed by atoms with Crippen LogP contribution >= 0.6 is 0 Å². The van der Waals surface area contributed by atoms with Crippen LogP contribution < -0.4 is 5.32 Å². The van der Waals surface area contributed by atoms with Crippen LogP contribution in [0.15, 0.2) is 0 Å². The van der Waals surface area contributed by atoms with Crippen molar-refractivity contribution in [1.29, 1.82) is 0 Å². The highest BCUT2D eigenvalue weighted by Crippen LogP contribution is 2.16. The summed E-state index contributed by atoms with van der Waals surface area (Å²) in [5.74, 6) is 0.166. The summed E-state index contributed by atoms with van der Waals surface area (Å²) in [6, 6.07) is 0.335. The molecular weight excluding hydrogens is 278 g/mol. The number of hydrogen-bond acceptors (Lipinski definition) is 4. The van der Waals surface area contributed by atoms with E-state index >= 15 is 0 Å². The Balaban J connectivity index is 1.56. The number of hydrogen-bond donors (Lipinski definition) is 2. The Kier molecular flexibility index (Phi) is 8.20. The molecule has 128 valence electrons. The van der Waals surface area contributed by atoms with Gasteiger partial charge in [0.2, 0.25) is 5.91 Å². The first kappa shape index (κ1) is 17.7. The van der Waals surface area contributed by atoms with Gasteiger partial charge in [-0.2, -0.15) is 0 Å². The number of carbonyl (C=O) groups excluding carboxylic acids is 1. The third-order valence-corrected chi connectivity index (χ3v) is 4.97. The Bertz CT molecular complexity index is 317. The molecule has 0 aromatic rings. The van der Waals surface area contributed by atoms with Crippen LogP contribution in [0.1, 0.15) is 51.4 Å². The van der Waals surface area contributed by atoms with Gasteiger partial charge in [0.05, 0.1) is 13.2 Å². The van der Waals surface area contributed by atoms with E-state index in [9.17, 15) is 9.90 Å². The predicted octanol–water partition coefficient (Wildman–Crippen LogP) is 1.22. The zero-order chi connectivity index (χ0) is 15.6. The first-order chi connectivity index (χ1) is 10.8. The average molecular weight is 311 g/mol. The van der Waals surface area contributed by atoms with Gasteiger partial charge in [-0.25, -0.2) is 0 Å². The first-order valence-electron chi connectivity index (χ1n) is 9.13. The van der Waals surface area contributed by atoms with Gasteiger partial charge in [0, 0.05) is 19.1 Å². The summed E-state index contributed by atoms with van der Waals surface area (Å²) in [7, 11) is 0. The van der Waals surface area contributed by atoms with Crippen LogP contribution in [0.3, 0.4) is 0 Å². The second kappa shape index (κ2) is 10.2. The van der Waals surface area contributed by atoms with Crippen LogP contribution in [0.4, 0.5) is 0 Å². The minimum atomic E-state index is 0.166. The lowest BCUT2D eigenvalue weighted by Gasteiger charge is -2.34. The molecule has 0 aromatic carbocycles. The van der Waals surface area contributed by atoms with Crippen molar-refractivity contribution in [1.82, 2.24) is 15.1 Å². The normalized spacial score (nSPS) is 24.9. The van der Waals surface area contributed by atoms with Crippen molar-refractivity contribution in [2.45, 2.75) is 57.4 Å². The van der Waals surface area contributed by atoms with Crippen molar-refractivity contribution in [3.05, 3.63) is 0 Å². The number of rotatable bonds is 7.